The van der Waals surface area contributed by atoms with E-state index in [0.29, 0.717) is 30.4 Å². The zero-order chi connectivity index (χ0) is 24.7. The van der Waals surface area contributed by atoms with Crippen LogP contribution in [0.2, 0.25) is 0 Å². The van der Waals surface area contributed by atoms with Crippen molar-refractivity contribution in [2.45, 2.75) is 45.3 Å². The second kappa shape index (κ2) is 12.4. The van der Waals surface area contributed by atoms with Crippen molar-refractivity contribution in [1.82, 2.24) is 15.1 Å². The Bertz CT molecular complexity index is 892. The first kappa shape index (κ1) is 26.2. The molecule has 2 amide bonds. The second-order valence-corrected chi connectivity index (χ2v) is 9.33. The molecule has 0 aromatic heterocycles. The molecule has 0 spiro atoms. The van der Waals surface area contributed by atoms with Crippen molar-refractivity contribution in [3.05, 3.63) is 59.4 Å². The van der Waals surface area contributed by atoms with Crippen molar-refractivity contribution < 1.29 is 18.7 Å². The van der Waals surface area contributed by atoms with Gasteiger partial charge in [0, 0.05) is 42.9 Å². The molecule has 8 heteroatoms. The molecule has 2 saturated heterocycles. The number of likely N-dealkylation sites (N-methyl/N-ethyl adjacent to an activating group) is 1. The molecule has 2 aliphatic heterocycles. The van der Waals surface area contributed by atoms with Gasteiger partial charge in [0.15, 0.2) is 0 Å². The minimum atomic E-state index is -1.06. The van der Waals surface area contributed by atoms with Gasteiger partial charge >= 0.3 is 6.09 Å². The van der Waals surface area contributed by atoms with Gasteiger partial charge in [0.25, 0.3) is 0 Å². The van der Waals surface area contributed by atoms with Crippen molar-refractivity contribution in [2.75, 3.05) is 32.7 Å². The predicted molar refractivity (Wildman–Crippen MR) is 133 cm³/mol. The molecule has 2 heterocycles. The molecule has 3 rings (SSSR count). The number of carbonyl (C=O) groups is 2. The van der Waals surface area contributed by atoms with Crippen LogP contribution in [0.5, 0.6) is 0 Å². The fourth-order valence-corrected chi connectivity index (χ4v) is 4.75. The largest absolute Gasteiger partial charge is 0.415 e. The van der Waals surface area contributed by atoms with Crippen LogP contribution < -0.4 is 5.32 Å². The first-order valence-electron chi connectivity index (χ1n) is 12.0. The Labute approximate surface area is 206 Å². The Kier molecular flexibility index (Phi) is 9.54. The zero-order valence-corrected chi connectivity index (χ0v) is 20.8. The molecule has 6 nitrogen and oxygen atoms in total. The Morgan fingerprint density at radius 2 is 2.06 bits per heavy atom. The van der Waals surface area contributed by atoms with Crippen LogP contribution in [0.15, 0.2) is 59.4 Å². The highest BCUT2D eigenvalue weighted by Gasteiger charge is 2.42. The van der Waals surface area contributed by atoms with Crippen LogP contribution in [0.3, 0.4) is 0 Å². The molecule has 1 aliphatic carbocycles. The Morgan fingerprint density at radius 3 is 2.68 bits per heavy atom. The maximum atomic E-state index is 13.4. The summed E-state index contributed by atoms with van der Waals surface area (Å²) in [4.78, 5) is 29.9. The zero-order valence-electron chi connectivity index (χ0n) is 20.0. The number of allylic oxidation sites excluding steroid dienone is 7. The van der Waals surface area contributed by atoms with E-state index in [1.807, 2.05) is 24.8 Å². The van der Waals surface area contributed by atoms with Crippen molar-refractivity contribution >= 4 is 23.6 Å². The van der Waals surface area contributed by atoms with E-state index in [1.54, 1.807) is 23.1 Å². The summed E-state index contributed by atoms with van der Waals surface area (Å²) in [6.07, 6.45) is 10.1. The van der Waals surface area contributed by atoms with E-state index in [0.717, 1.165) is 31.5 Å². The lowest BCUT2D eigenvalue weighted by Crippen LogP contribution is -2.46. The van der Waals surface area contributed by atoms with Gasteiger partial charge < -0.3 is 19.9 Å². The van der Waals surface area contributed by atoms with Gasteiger partial charge in [-0.15, -0.1) is 0 Å². The van der Waals surface area contributed by atoms with E-state index in [1.165, 1.54) is 12.2 Å². The molecule has 34 heavy (non-hydrogen) atoms. The first-order valence-corrected chi connectivity index (χ1v) is 12.4. The lowest BCUT2D eigenvalue weighted by Gasteiger charge is -2.31. The van der Waals surface area contributed by atoms with E-state index in [2.05, 4.69) is 11.9 Å². The summed E-state index contributed by atoms with van der Waals surface area (Å²) in [5, 5.41) is 3.89. The summed E-state index contributed by atoms with van der Waals surface area (Å²) in [5.41, 5.74) is 0.800. The van der Waals surface area contributed by atoms with Crippen LogP contribution in [0.4, 0.5) is 9.18 Å². The van der Waals surface area contributed by atoms with Crippen molar-refractivity contribution in [2.24, 2.45) is 11.8 Å². The molecule has 0 aromatic rings. The van der Waals surface area contributed by atoms with E-state index in [4.69, 9.17) is 16.3 Å². The van der Waals surface area contributed by atoms with Crippen LogP contribution in [-0.2, 0) is 9.53 Å². The minimum absolute atomic E-state index is 0.00451. The highest BCUT2D eigenvalue weighted by Crippen LogP contribution is 2.31. The lowest BCUT2D eigenvalue weighted by molar-refractivity contribution is -0.135. The smallest absolute Gasteiger partial charge is 0.411 e. The molecular formula is C26H35ClFN3O3. The summed E-state index contributed by atoms with van der Waals surface area (Å²) < 4.78 is 18.9. The number of likely N-dealkylation sites (tertiary alicyclic amines) is 1. The number of nitrogens with zero attached hydrogens (tertiary/aromatic N) is 2. The summed E-state index contributed by atoms with van der Waals surface area (Å²) >= 11 is 6.13. The third kappa shape index (κ3) is 6.60. The number of halogens is 2. The van der Waals surface area contributed by atoms with Gasteiger partial charge in [-0.3, -0.25) is 4.79 Å². The van der Waals surface area contributed by atoms with Crippen molar-refractivity contribution in [3.8, 4) is 0 Å². The number of nitrogens with one attached hydrogen (secondary N) is 1. The molecule has 2 fully saturated rings. The third-order valence-corrected chi connectivity index (χ3v) is 7.04. The monoisotopic (exact) mass is 491 g/mol. The average Bonchev–Trinajstić information content (AvgIpc) is 3.29. The van der Waals surface area contributed by atoms with Crippen molar-refractivity contribution in [1.29, 1.82) is 0 Å². The van der Waals surface area contributed by atoms with Crippen LogP contribution in [-0.4, -0.2) is 66.7 Å². The molecule has 0 radical (unpaired) electrons. The highest BCUT2D eigenvalue weighted by atomic mass is 35.5. The van der Waals surface area contributed by atoms with Crippen LogP contribution >= 0.6 is 11.6 Å². The molecule has 0 aromatic carbocycles. The highest BCUT2D eigenvalue weighted by molar-refractivity contribution is 6.31. The van der Waals surface area contributed by atoms with Gasteiger partial charge in [-0.2, -0.15) is 0 Å². The molecule has 3 aliphatic rings. The normalized spacial score (nSPS) is 26.0. The summed E-state index contributed by atoms with van der Waals surface area (Å²) in [7, 11) is 0. The van der Waals surface area contributed by atoms with Gasteiger partial charge in [-0.1, -0.05) is 30.3 Å². The maximum absolute atomic E-state index is 13.4. The van der Waals surface area contributed by atoms with Crippen LogP contribution in [0.1, 0.15) is 33.1 Å². The number of ether oxygens (including phenoxy) is 1. The lowest BCUT2D eigenvalue weighted by atomic mass is 9.93. The van der Waals surface area contributed by atoms with Gasteiger partial charge in [0.1, 0.15) is 11.9 Å². The number of carbonyl (C=O) groups excluding carboxylic acids is 2. The van der Waals surface area contributed by atoms with Gasteiger partial charge in [0.05, 0.1) is 6.04 Å². The third-order valence-electron chi connectivity index (χ3n) is 6.69. The summed E-state index contributed by atoms with van der Waals surface area (Å²) in [5.74, 6) is 0.318. The number of hydrogen-bond acceptors (Lipinski definition) is 4. The number of piperidine rings is 1. The molecule has 3 atom stereocenters. The topological polar surface area (TPSA) is 61.9 Å². The number of rotatable bonds is 7. The number of hydrogen-bond donors (Lipinski definition) is 1. The molecule has 0 saturated carbocycles. The minimum Gasteiger partial charge on any atom is -0.411 e. The Hall–Kier alpha value is -2.38. The number of amides is 2. The summed E-state index contributed by atoms with van der Waals surface area (Å²) in [6.45, 7) is 11.0. The molecule has 0 bridgehead atoms. The van der Waals surface area contributed by atoms with Crippen molar-refractivity contribution in [3.63, 3.8) is 0 Å². The average molecular weight is 492 g/mol. The standard InChI is InChI=1S/C26H35ClFN3O3/c1-4-20(27)7-6-18(3)23-16-30(25(32)19-12-14-29-15-13-19)17-24(23)31(5-2)26(33)34-22-10-8-21(28)9-11-22/h4,6-8,10-11,19,21,23-24,29H,3,5,9,12-17H2,1-2H3/b7-6-,20-4+/t21-,23+,24-/m1/s1. The predicted octanol–water partition coefficient (Wildman–Crippen LogP) is 4.71. The fourth-order valence-electron chi connectivity index (χ4n) is 4.69. The molecule has 186 valence electrons. The molecule has 1 N–H and O–H groups in total. The van der Waals surface area contributed by atoms with E-state index in [9.17, 15) is 14.0 Å². The fraction of sp³-hybridized carbons (Fsp3) is 0.538. The Balaban J connectivity index is 1.79. The second-order valence-electron chi connectivity index (χ2n) is 8.89. The maximum Gasteiger partial charge on any atom is 0.415 e. The van der Waals surface area contributed by atoms with E-state index in [-0.39, 0.29) is 30.2 Å². The van der Waals surface area contributed by atoms with Gasteiger partial charge in [-0.05, 0) is 69.7 Å². The van der Waals surface area contributed by atoms with Gasteiger partial charge in [0.2, 0.25) is 5.91 Å². The SMILES string of the molecule is C=C(/C=C\C(Cl)=C/C)[C@@H]1CN(C(=O)C2CCNCC2)C[C@H]1N(CC)C(=O)OC1=CC[C@H](F)C=C1. The molecule has 0 unspecified atom stereocenters. The van der Waals surface area contributed by atoms with E-state index < -0.39 is 12.3 Å². The molecular weight excluding hydrogens is 457 g/mol. The van der Waals surface area contributed by atoms with Crippen LogP contribution in [0.25, 0.3) is 0 Å². The Morgan fingerprint density at radius 1 is 1.32 bits per heavy atom. The summed E-state index contributed by atoms with van der Waals surface area (Å²) in [6, 6.07) is -0.285. The van der Waals surface area contributed by atoms with Crippen LogP contribution in [0, 0.1) is 11.8 Å². The quantitative estimate of drug-likeness (QED) is 0.524. The first-order chi connectivity index (χ1) is 16.3. The van der Waals surface area contributed by atoms with E-state index >= 15 is 0 Å². The number of alkyl halides is 1. The van der Waals surface area contributed by atoms with Gasteiger partial charge in [-0.25, -0.2) is 9.18 Å².